The van der Waals surface area contributed by atoms with Gasteiger partial charge in [-0.05, 0) is 55.3 Å². The molecule has 1 fully saturated rings. The molecule has 2 aromatic rings. The van der Waals surface area contributed by atoms with Crippen molar-refractivity contribution in [3.63, 3.8) is 0 Å². The predicted octanol–water partition coefficient (Wildman–Crippen LogP) is 8.52. The third kappa shape index (κ3) is 5.71. The summed E-state index contributed by atoms with van der Waals surface area (Å²) in [5.74, 6) is -0.110. The van der Waals surface area contributed by atoms with Crippen molar-refractivity contribution >= 4 is 46.2 Å². The van der Waals surface area contributed by atoms with E-state index < -0.39 is 17.5 Å². The Morgan fingerprint density at radius 2 is 1.68 bits per heavy atom. The van der Waals surface area contributed by atoms with Crippen molar-refractivity contribution in [2.24, 2.45) is 5.92 Å². The summed E-state index contributed by atoms with van der Waals surface area (Å²) in [5, 5.41) is 7.06. The summed E-state index contributed by atoms with van der Waals surface area (Å²) in [4.78, 5) is -0.565. The molecule has 3 unspecified atom stereocenters. The standard InChI is InChI=1S/C23H22Cl3F3N2/c1-12-5-6-18(10-19(12)30-13(2)11-23(27,28)29)31-14(3)20-21(22(20,4)26)15-7-16(24)9-17(25)8-15/h5-10,20-21,30-31H,2-3,11H2,1,4H3. The molecule has 0 radical (unpaired) electrons. The molecule has 0 saturated heterocycles. The molecule has 166 valence electrons. The molecule has 8 heteroatoms. The highest BCUT2D eigenvalue weighted by Crippen LogP contribution is 2.64. The summed E-state index contributed by atoms with van der Waals surface area (Å²) in [6.07, 6.45) is -5.43. The van der Waals surface area contributed by atoms with Crippen LogP contribution in [0.25, 0.3) is 0 Å². The molecule has 3 atom stereocenters. The van der Waals surface area contributed by atoms with E-state index in [0.29, 0.717) is 27.1 Å². The van der Waals surface area contributed by atoms with Crippen LogP contribution in [0.1, 0.15) is 30.4 Å². The van der Waals surface area contributed by atoms with Gasteiger partial charge in [-0.2, -0.15) is 13.2 Å². The van der Waals surface area contributed by atoms with Crippen molar-refractivity contribution < 1.29 is 13.2 Å². The largest absolute Gasteiger partial charge is 0.394 e. The van der Waals surface area contributed by atoms with Crippen LogP contribution in [0.5, 0.6) is 0 Å². The third-order valence-corrected chi connectivity index (χ3v) is 6.23. The Labute approximate surface area is 195 Å². The zero-order chi connectivity index (χ0) is 23.1. The number of anilines is 2. The third-order valence-electron chi connectivity index (χ3n) is 5.33. The second kappa shape index (κ2) is 8.61. The molecule has 0 amide bonds. The SMILES string of the molecule is C=C(CC(F)(F)F)Nc1cc(NC(=C)C2C(c3cc(Cl)cc(Cl)c3)C2(C)Cl)ccc1C. The van der Waals surface area contributed by atoms with Gasteiger partial charge in [0.1, 0.15) is 0 Å². The number of benzene rings is 2. The van der Waals surface area contributed by atoms with E-state index in [1.807, 2.05) is 25.1 Å². The maximum atomic E-state index is 12.6. The van der Waals surface area contributed by atoms with Crippen LogP contribution in [-0.2, 0) is 0 Å². The minimum absolute atomic E-state index is 0.0278. The van der Waals surface area contributed by atoms with Crippen LogP contribution in [0, 0.1) is 12.8 Å². The maximum Gasteiger partial charge on any atom is 0.394 e. The predicted molar refractivity (Wildman–Crippen MR) is 124 cm³/mol. The van der Waals surface area contributed by atoms with Gasteiger partial charge in [-0.1, -0.05) is 42.4 Å². The van der Waals surface area contributed by atoms with Crippen LogP contribution in [0.15, 0.2) is 61.0 Å². The van der Waals surface area contributed by atoms with E-state index in [9.17, 15) is 13.2 Å². The van der Waals surface area contributed by atoms with Gasteiger partial charge in [-0.3, -0.25) is 0 Å². The van der Waals surface area contributed by atoms with Crippen molar-refractivity contribution in [1.82, 2.24) is 0 Å². The fourth-order valence-electron chi connectivity index (χ4n) is 3.87. The first-order valence-electron chi connectivity index (χ1n) is 9.51. The van der Waals surface area contributed by atoms with E-state index in [0.717, 1.165) is 11.1 Å². The Hall–Kier alpha value is -1.82. The number of hydrogen-bond acceptors (Lipinski definition) is 2. The van der Waals surface area contributed by atoms with Crippen molar-refractivity contribution in [2.75, 3.05) is 10.6 Å². The smallest absolute Gasteiger partial charge is 0.359 e. The average molecular weight is 490 g/mol. The molecule has 0 aromatic heterocycles. The molecular weight excluding hydrogens is 468 g/mol. The van der Waals surface area contributed by atoms with Crippen LogP contribution >= 0.6 is 34.8 Å². The second-order valence-corrected chi connectivity index (χ2v) is 9.70. The Morgan fingerprint density at radius 3 is 2.26 bits per heavy atom. The van der Waals surface area contributed by atoms with Crippen LogP contribution in [-0.4, -0.2) is 11.1 Å². The summed E-state index contributed by atoms with van der Waals surface area (Å²) in [5.41, 5.74) is 3.51. The Bertz CT molecular complexity index is 1010. The molecule has 0 heterocycles. The highest BCUT2D eigenvalue weighted by Gasteiger charge is 2.62. The molecule has 3 rings (SSSR count). The molecule has 1 aliphatic carbocycles. The van der Waals surface area contributed by atoms with Gasteiger partial charge in [-0.25, -0.2) is 0 Å². The number of halogens is 6. The van der Waals surface area contributed by atoms with Crippen molar-refractivity contribution in [3.05, 3.63) is 82.1 Å². The highest BCUT2D eigenvalue weighted by molar-refractivity contribution is 6.34. The van der Waals surface area contributed by atoms with Gasteiger partial charge in [0.05, 0.1) is 11.3 Å². The first-order chi connectivity index (χ1) is 14.3. The number of allylic oxidation sites excluding steroid dienone is 2. The zero-order valence-electron chi connectivity index (χ0n) is 17.0. The minimum atomic E-state index is -4.32. The van der Waals surface area contributed by atoms with E-state index in [2.05, 4.69) is 23.8 Å². The van der Waals surface area contributed by atoms with Gasteiger partial charge >= 0.3 is 6.18 Å². The van der Waals surface area contributed by atoms with E-state index in [1.165, 1.54) is 0 Å². The van der Waals surface area contributed by atoms with Crippen LogP contribution < -0.4 is 10.6 Å². The first kappa shape index (κ1) is 23.8. The van der Waals surface area contributed by atoms with Crippen molar-refractivity contribution in [3.8, 4) is 0 Å². The van der Waals surface area contributed by atoms with E-state index in [4.69, 9.17) is 34.8 Å². The zero-order valence-corrected chi connectivity index (χ0v) is 19.3. The molecule has 31 heavy (non-hydrogen) atoms. The quantitative estimate of drug-likeness (QED) is 0.381. The fraction of sp³-hybridized carbons (Fsp3) is 0.304. The summed E-state index contributed by atoms with van der Waals surface area (Å²) >= 11 is 19.0. The highest BCUT2D eigenvalue weighted by atomic mass is 35.5. The number of hydrogen-bond donors (Lipinski definition) is 2. The van der Waals surface area contributed by atoms with Gasteiger partial charge in [0.15, 0.2) is 0 Å². The first-order valence-corrected chi connectivity index (χ1v) is 10.6. The van der Waals surface area contributed by atoms with Crippen LogP contribution in [0.3, 0.4) is 0 Å². The Kier molecular flexibility index (Phi) is 6.62. The Morgan fingerprint density at radius 1 is 1.06 bits per heavy atom. The summed E-state index contributed by atoms with van der Waals surface area (Å²) in [6, 6.07) is 10.7. The lowest BCUT2D eigenvalue weighted by Crippen LogP contribution is -2.13. The molecule has 2 aromatic carbocycles. The van der Waals surface area contributed by atoms with Crippen LogP contribution in [0.4, 0.5) is 24.5 Å². The van der Waals surface area contributed by atoms with Crippen molar-refractivity contribution in [2.45, 2.75) is 37.2 Å². The molecule has 2 N–H and O–H groups in total. The Balaban J connectivity index is 1.74. The topological polar surface area (TPSA) is 24.1 Å². The van der Waals surface area contributed by atoms with Gasteiger partial charge in [0, 0.05) is 44.6 Å². The van der Waals surface area contributed by atoms with Crippen molar-refractivity contribution in [1.29, 1.82) is 0 Å². The lowest BCUT2D eigenvalue weighted by Gasteiger charge is -2.16. The summed E-state index contributed by atoms with van der Waals surface area (Å²) < 4.78 is 37.8. The fourth-order valence-corrected chi connectivity index (χ4v) is 4.86. The normalized spacial score (nSPS) is 22.7. The second-order valence-electron chi connectivity index (χ2n) is 8.01. The molecule has 1 aliphatic rings. The van der Waals surface area contributed by atoms with E-state index in [1.54, 1.807) is 25.1 Å². The molecule has 0 aliphatic heterocycles. The molecule has 0 spiro atoms. The van der Waals surface area contributed by atoms with Gasteiger partial charge in [0.2, 0.25) is 0 Å². The molecule has 2 nitrogen and oxygen atoms in total. The summed E-state index contributed by atoms with van der Waals surface area (Å²) in [6.45, 7) is 11.3. The maximum absolute atomic E-state index is 12.6. The number of aryl methyl sites for hydroxylation is 1. The molecular formula is C23H22Cl3F3N2. The molecule has 1 saturated carbocycles. The number of rotatable bonds is 7. The lowest BCUT2D eigenvalue weighted by molar-refractivity contribution is -0.126. The van der Waals surface area contributed by atoms with Crippen LogP contribution in [0.2, 0.25) is 10.0 Å². The van der Waals surface area contributed by atoms with Gasteiger partial charge in [-0.15, -0.1) is 11.6 Å². The summed E-state index contributed by atoms with van der Waals surface area (Å²) in [7, 11) is 0. The van der Waals surface area contributed by atoms with E-state index in [-0.39, 0.29) is 17.5 Å². The average Bonchev–Trinajstić information content (AvgIpc) is 3.18. The molecule has 0 bridgehead atoms. The minimum Gasteiger partial charge on any atom is -0.359 e. The monoisotopic (exact) mass is 488 g/mol. The van der Waals surface area contributed by atoms with Gasteiger partial charge in [0.25, 0.3) is 0 Å². The number of alkyl halides is 4. The lowest BCUT2D eigenvalue weighted by atomic mass is 10.1. The van der Waals surface area contributed by atoms with E-state index >= 15 is 0 Å². The number of nitrogens with one attached hydrogen (secondary N) is 2. The van der Waals surface area contributed by atoms with Gasteiger partial charge < -0.3 is 10.6 Å².